The van der Waals surface area contributed by atoms with E-state index in [2.05, 4.69) is 11.9 Å². The summed E-state index contributed by atoms with van der Waals surface area (Å²) < 4.78 is 9.56. The topological polar surface area (TPSA) is 64.6 Å². The Bertz CT molecular complexity index is 238. The lowest BCUT2D eigenvalue weighted by Crippen LogP contribution is -2.24. The molecular formula is C10H17NO4. The van der Waals surface area contributed by atoms with E-state index in [1.54, 1.807) is 13.8 Å². The van der Waals surface area contributed by atoms with E-state index in [0.29, 0.717) is 18.5 Å². The van der Waals surface area contributed by atoms with Gasteiger partial charge in [-0.2, -0.15) is 0 Å². The van der Waals surface area contributed by atoms with Crippen LogP contribution in [0.2, 0.25) is 0 Å². The highest BCUT2D eigenvalue weighted by Gasteiger charge is 2.03. The van der Waals surface area contributed by atoms with E-state index in [0.717, 1.165) is 0 Å². The molecule has 0 unspecified atom stereocenters. The van der Waals surface area contributed by atoms with Gasteiger partial charge >= 0.3 is 12.1 Å². The van der Waals surface area contributed by atoms with Gasteiger partial charge in [-0.1, -0.05) is 6.58 Å². The van der Waals surface area contributed by atoms with Crippen molar-refractivity contribution in [3.63, 3.8) is 0 Å². The molecule has 0 fully saturated rings. The van der Waals surface area contributed by atoms with Crippen molar-refractivity contribution >= 4 is 12.1 Å². The molecule has 1 amide bonds. The molecule has 0 saturated carbocycles. The molecule has 0 radical (unpaired) electrons. The minimum Gasteiger partial charge on any atom is -0.462 e. The van der Waals surface area contributed by atoms with Gasteiger partial charge in [-0.15, -0.1) is 0 Å². The van der Waals surface area contributed by atoms with E-state index >= 15 is 0 Å². The number of alkyl carbamates (subject to hydrolysis) is 1. The lowest BCUT2D eigenvalue weighted by molar-refractivity contribution is -0.139. The van der Waals surface area contributed by atoms with Crippen LogP contribution in [0.15, 0.2) is 12.2 Å². The number of hydrogen-bond donors (Lipinski definition) is 1. The quantitative estimate of drug-likeness (QED) is 0.411. The van der Waals surface area contributed by atoms with E-state index in [-0.39, 0.29) is 13.2 Å². The maximum Gasteiger partial charge on any atom is 0.407 e. The number of rotatable bonds is 6. The summed E-state index contributed by atoms with van der Waals surface area (Å²) in [5.41, 5.74) is 0.361. The molecule has 0 aromatic carbocycles. The van der Waals surface area contributed by atoms with Crippen LogP contribution in [0.3, 0.4) is 0 Å². The number of amides is 1. The second-order valence-corrected chi connectivity index (χ2v) is 2.94. The van der Waals surface area contributed by atoms with E-state index in [1.165, 1.54) is 0 Å². The predicted molar refractivity (Wildman–Crippen MR) is 55.4 cm³/mol. The summed E-state index contributed by atoms with van der Waals surface area (Å²) in [7, 11) is 0. The minimum atomic E-state index is -0.455. The second-order valence-electron chi connectivity index (χ2n) is 2.94. The molecule has 0 rings (SSSR count). The fourth-order valence-corrected chi connectivity index (χ4v) is 0.707. The molecule has 0 aliphatic rings. The first-order chi connectivity index (χ1) is 7.07. The van der Waals surface area contributed by atoms with Crippen molar-refractivity contribution in [1.29, 1.82) is 0 Å². The van der Waals surface area contributed by atoms with Crippen molar-refractivity contribution < 1.29 is 19.1 Å². The standard InChI is InChI=1S/C10H17NO4/c1-4-11-10(13)15-7-5-6-14-9(12)8(2)3/h2,4-7H2,1,3H3,(H,11,13). The Labute approximate surface area is 89.4 Å². The Morgan fingerprint density at radius 3 is 2.40 bits per heavy atom. The van der Waals surface area contributed by atoms with Gasteiger partial charge in [-0.3, -0.25) is 0 Å². The van der Waals surface area contributed by atoms with Crippen molar-refractivity contribution in [2.24, 2.45) is 0 Å². The molecule has 0 spiro atoms. The van der Waals surface area contributed by atoms with Crippen LogP contribution in [-0.2, 0) is 14.3 Å². The molecule has 0 saturated heterocycles. The SMILES string of the molecule is C=C(C)C(=O)OCCCOC(=O)NCC. The highest BCUT2D eigenvalue weighted by Crippen LogP contribution is 1.93. The van der Waals surface area contributed by atoms with Gasteiger partial charge in [0.1, 0.15) is 0 Å². The van der Waals surface area contributed by atoms with E-state index < -0.39 is 12.1 Å². The zero-order chi connectivity index (χ0) is 11.7. The van der Waals surface area contributed by atoms with Gasteiger partial charge in [-0.25, -0.2) is 9.59 Å². The van der Waals surface area contributed by atoms with Gasteiger partial charge in [-0.05, 0) is 13.8 Å². The number of carbonyl (C=O) groups is 2. The molecule has 0 aromatic heterocycles. The largest absolute Gasteiger partial charge is 0.462 e. The average Bonchev–Trinajstić information content (AvgIpc) is 2.17. The molecule has 5 heteroatoms. The Hall–Kier alpha value is -1.52. The zero-order valence-corrected chi connectivity index (χ0v) is 9.17. The van der Waals surface area contributed by atoms with E-state index in [9.17, 15) is 9.59 Å². The summed E-state index contributed by atoms with van der Waals surface area (Å²) in [6.45, 7) is 7.80. The summed E-state index contributed by atoms with van der Waals surface area (Å²) in [6.07, 6.45) is 0.0274. The van der Waals surface area contributed by atoms with E-state index in [4.69, 9.17) is 9.47 Å². The van der Waals surface area contributed by atoms with Crippen molar-refractivity contribution in [3.05, 3.63) is 12.2 Å². The van der Waals surface area contributed by atoms with Crippen molar-refractivity contribution in [1.82, 2.24) is 5.32 Å². The van der Waals surface area contributed by atoms with Gasteiger partial charge in [0.2, 0.25) is 0 Å². The molecule has 15 heavy (non-hydrogen) atoms. The third-order valence-corrected chi connectivity index (χ3v) is 1.42. The molecule has 0 aliphatic carbocycles. The Morgan fingerprint density at radius 1 is 1.27 bits per heavy atom. The molecule has 0 atom stereocenters. The van der Waals surface area contributed by atoms with Crippen LogP contribution < -0.4 is 5.32 Å². The first kappa shape index (κ1) is 13.5. The van der Waals surface area contributed by atoms with Crippen molar-refractivity contribution in [2.75, 3.05) is 19.8 Å². The molecule has 5 nitrogen and oxygen atoms in total. The Balaban J connectivity index is 3.36. The van der Waals surface area contributed by atoms with Gasteiger partial charge in [0, 0.05) is 18.5 Å². The highest BCUT2D eigenvalue weighted by molar-refractivity contribution is 5.86. The molecule has 0 aromatic rings. The number of hydrogen-bond acceptors (Lipinski definition) is 4. The molecule has 86 valence electrons. The predicted octanol–water partition coefficient (Wildman–Crippen LogP) is 1.24. The maximum absolute atomic E-state index is 10.9. The first-order valence-corrected chi connectivity index (χ1v) is 4.81. The van der Waals surface area contributed by atoms with Crippen LogP contribution in [0, 0.1) is 0 Å². The van der Waals surface area contributed by atoms with Crippen molar-refractivity contribution in [2.45, 2.75) is 20.3 Å². The molecule has 0 bridgehead atoms. The number of nitrogens with one attached hydrogen (secondary N) is 1. The first-order valence-electron chi connectivity index (χ1n) is 4.81. The lowest BCUT2D eigenvalue weighted by atomic mass is 10.4. The fourth-order valence-electron chi connectivity index (χ4n) is 0.707. The third kappa shape index (κ3) is 7.54. The van der Waals surface area contributed by atoms with Gasteiger partial charge in [0.15, 0.2) is 0 Å². The van der Waals surface area contributed by atoms with Crippen LogP contribution in [0.4, 0.5) is 4.79 Å². The average molecular weight is 215 g/mol. The molecular weight excluding hydrogens is 198 g/mol. The number of carbonyl (C=O) groups excluding carboxylic acids is 2. The van der Waals surface area contributed by atoms with Crippen LogP contribution in [-0.4, -0.2) is 31.8 Å². The maximum atomic E-state index is 10.9. The monoisotopic (exact) mass is 215 g/mol. The molecule has 1 N–H and O–H groups in total. The summed E-state index contributed by atoms with van der Waals surface area (Å²) in [4.78, 5) is 21.7. The Morgan fingerprint density at radius 2 is 1.87 bits per heavy atom. The van der Waals surface area contributed by atoms with Gasteiger partial charge in [0.05, 0.1) is 13.2 Å². The smallest absolute Gasteiger partial charge is 0.407 e. The summed E-state index contributed by atoms with van der Waals surface area (Å²) in [5, 5.41) is 2.48. The zero-order valence-electron chi connectivity index (χ0n) is 9.17. The van der Waals surface area contributed by atoms with Crippen molar-refractivity contribution in [3.8, 4) is 0 Å². The Kier molecular flexibility index (Phi) is 7.05. The number of ether oxygens (including phenoxy) is 2. The lowest BCUT2D eigenvalue weighted by Gasteiger charge is -2.06. The summed E-state index contributed by atoms with van der Waals surface area (Å²) in [6, 6.07) is 0. The summed E-state index contributed by atoms with van der Waals surface area (Å²) in [5.74, 6) is -0.423. The fraction of sp³-hybridized carbons (Fsp3) is 0.600. The van der Waals surface area contributed by atoms with Gasteiger partial charge < -0.3 is 14.8 Å². The minimum absolute atomic E-state index is 0.227. The van der Waals surface area contributed by atoms with Gasteiger partial charge in [0.25, 0.3) is 0 Å². The van der Waals surface area contributed by atoms with Crippen LogP contribution in [0.5, 0.6) is 0 Å². The van der Waals surface area contributed by atoms with Crippen LogP contribution in [0.25, 0.3) is 0 Å². The third-order valence-electron chi connectivity index (χ3n) is 1.42. The molecule has 0 heterocycles. The normalized spacial score (nSPS) is 9.20. The second kappa shape index (κ2) is 7.84. The number of esters is 1. The highest BCUT2D eigenvalue weighted by atomic mass is 16.6. The van der Waals surface area contributed by atoms with Crippen LogP contribution >= 0.6 is 0 Å². The van der Waals surface area contributed by atoms with E-state index in [1.807, 2.05) is 0 Å². The summed E-state index contributed by atoms with van der Waals surface area (Å²) >= 11 is 0. The molecule has 0 aliphatic heterocycles. The van der Waals surface area contributed by atoms with Crippen LogP contribution in [0.1, 0.15) is 20.3 Å².